The molecule has 80 valence electrons. The van der Waals surface area contributed by atoms with Crippen LogP contribution in [0.2, 0.25) is 0 Å². The zero-order valence-corrected chi connectivity index (χ0v) is 9.57. The molecule has 3 N–H and O–H groups in total. The lowest BCUT2D eigenvalue weighted by atomic mass is 10.3. The summed E-state index contributed by atoms with van der Waals surface area (Å²) in [5.41, 5.74) is 5.19. The maximum atomic E-state index is 11.3. The van der Waals surface area contributed by atoms with E-state index in [4.69, 9.17) is 5.73 Å². The van der Waals surface area contributed by atoms with E-state index in [-0.39, 0.29) is 18.3 Å². The van der Waals surface area contributed by atoms with Crippen LogP contribution in [0.15, 0.2) is 17.5 Å². The van der Waals surface area contributed by atoms with Gasteiger partial charge >= 0.3 is 0 Å². The molecule has 1 unspecified atom stereocenters. The van der Waals surface area contributed by atoms with Gasteiger partial charge in [-0.15, -0.1) is 11.3 Å². The Hall–Kier alpha value is -0.430. The lowest BCUT2D eigenvalue weighted by Gasteiger charge is -2.11. The second-order valence-electron chi connectivity index (χ2n) is 2.96. The van der Waals surface area contributed by atoms with Crippen LogP contribution in [0, 0.1) is 0 Å². The molecule has 1 atom stereocenters. The summed E-state index contributed by atoms with van der Waals surface area (Å²) in [6.45, 7) is 1.96. The van der Waals surface area contributed by atoms with E-state index in [1.807, 2.05) is 24.4 Å². The maximum Gasteiger partial charge on any atom is 0.213 e. The molecule has 14 heavy (non-hydrogen) atoms. The number of nitrogens with one attached hydrogen (secondary N) is 1. The van der Waals surface area contributed by atoms with Crippen LogP contribution in [-0.4, -0.2) is 20.7 Å². The van der Waals surface area contributed by atoms with Crippen LogP contribution in [0.5, 0.6) is 0 Å². The van der Waals surface area contributed by atoms with E-state index in [1.165, 1.54) is 11.3 Å². The highest BCUT2D eigenvalue weighted by molar-refractivity contribution is 7.89. The van der Waals surface area contributed by atoms with Crippen molar-refractivity contribution in [3.63, 3.8) is 0 Å². The molecule has 0 amide bonds. The summed E-state index contributed by atoms with van der Waals surface area (Å²) < 4.78 is 25.3. The van der Waals surface area contributed by atoms with Gasteiger partial charge in [0.15, 0.2) is 0 Å². The third-order valence-corrected chi connectivity index (χ3v) is 4.25. The predicted octanol–water partition coefficient (Wildman–Crippen LogP) is 0.687. The molecule has 0 bridgehead atoms. The molecule has 4 nitrogen and oxygen atoms in total. The fourth-order valence-electron chi connectivity index (χ4n) is 1.08. The average Bonchev–Trinajstić information content (AvgIpc) is 2.53. The molecule has 1 heterocycles. The normalized spacial score (nSPS) is 14.1. The van der Waals surface area contributed by atoms with E-state index >= 15 is 0 Å². The van der Waals surface area contributed by atoms with Crippen LogP contribution in [0.1, 0.15) is 17.8 Å². The Morgan fingerprint density at radius 3 is 2.86 bits per heavy atom. The number of thiophene rings is 1. The highest BCUT2D eigenvalue weighted by atomic mass is 32.2. The van der Waals surface area contributed by atoms with Crippen molar-refractivity contribution in [1.29, 1.82) is 0 Å². The van der Waals surface area contributed by atoms with Gasteiger partial charge in [0.25, 0.3) is 0 Å². The Kier molecular flexibility index (Phi) is 4.06. The minimum absolute atomic E-state index is 0.0251. The summed E-state index contributed by atoms with van der Waals surface area (Å²) in [5, 5.41) is 1.92. The van der Waals surface area contributed by atoms with Gasteiger partial charge in [0.2, 0.25) is 10.0 Å². The van der Waals surface area contributed by atoms with Gasteiger partial charge in [-0.3, -0.25) is 0 Å². The van der Waals surface area contributed by atoms with Crippen LogP contribution < -0.4 is 10.5 Å². The van der Waals surface area contributed by atoms with Crippen molar-refractivity contribution in [1.82, 2.24) is 4.72 Å². The van der Waals surface area contributed by atoms with Crippen molar-refractivity contribution in [3.05, 3.63) is 22.4 Å². The summed E-state index contributed by atoms with van der Waals surface area (Å²) in [6, 6.07) is 3.63. The molecule has 0 saturated heterocycles. The molecule has 0 aromatic carbocycles. The second kappa shape index (κ2) is 4.88. The summed E-state index contributed by atoms with van der Waals surface area (Å²) in [7, 11) is -3.23. The highest BCUT2D eigenvalue weighted by Gasteiger charge is 2.14. The van der Waals surface area contributed by atoms with Gasteiger partial charge in [-0.2, -0.15) is 0 Å². The van der Waals surface area contributed by atoms with Crippen molar-refractivity contribution in [3.8, 4) is 0 Å². The fourth-order valence-corrected chi connectivity index (χ4v) is 2.98. The number of hydrogen-bond acceptors (Lipinski definition) is 4. The van der Waals surface area contributed by atoms with Crippen LogP contribution in [0.25, 0.3) is 0 Å². The maximum absolute atomic E-state index is 11.3. The molecule has 1 aromatic heterocycles. The minimum atomic E-state index is -3.23. The largest absolute Gasteiger partial charge is 0.329 e. The average molecular weight is 234 g/mol. The number of rotatable bonds is 5. The first-order valence-electron chi connectivity index (χ1n) is 4.28. The third-order valence-electron chi connectivity index (χ3n) is 1.71. The first-order valence-corrected chi connectivity index (χ1v) is 6.82. The molecular weight excluding hydrogens is 220 g/mol. The summed E-state index contributed by atoms with van der Waals surface area (Å²) in [6.07, 6.45) is 0. The smallest absolute Gasteiger partial charge is 0.213 e. The Morgan fingerprint density at radius 2 is 2.36 bits per heavy atom. The monoisotopic (exact) mass is 234 g/mol. The van der Waals surface area contributed by atoms with Crippen molar-refractivity contribution in [2.45, 2.75) is 13.0 Å². The summed E-state index contributed by atoms with van der Waals surface area (Å²) >= 11 is 1.53. The first kappa shape index (κ1) is 11.6. The van der Waals surface area contributed by atoms with Gasteiger partial charge in [-0.25, -0.2) is 13.1 Å². The van der Waals surface area contributed by atoms with Gasteiger partial charge in [-0.1, -0.05) is 6.07 Å². The van der Waals surface area contributed by atoms with Crippen molar-refractivity contribution < 1.29 is 8.42 Å². The van der Waals surface area contributed by atoms with Crippen molar-refractivity contribution in [2.24, 2.45) is 5.73 Å². The molecule has 1 aromatic rings. The zero-order chi connectivity index (χ0) is 10.6. The van der Waals surface area contributed by atoms with Gasteiger partial charge in [0, 0.05) is 11.4 Å². The molecule has 0 aliphatic carbocycles. The first-order chi connectivity index (χ1) is 6.55. The van der Waals surface area contributed by atoms with Gasteiger partial charge < -0.3 is 5.73 Å². The second-order valence-corrected chi connectivity index (χ2v) is 5.82. The topological polar surface area (TPSA) is 72.2 Å². The van der Waals surface area contributed by atoms with Gasteiger partial charge in [0.05, 0.1) is 11.8 Å². The van der Waals surface area contributed by atoms with E-state index in [1.54, 1.807) is 0 Å². The lowest BCUT2D eigenvalue weighted by molar-refractivity contribution is 0.568. The molecule has 0 saturated carbocycles. The fraction of sp³-hybridized carbons (Fsp3) is 0.500. The van der Waals surface area contributed by atoms with E-state index in [0.29, 0.717) is 0 Å². The molecule has 0 aliphatic heterocycles. The van der Waals surface area contributed by atoms with Crippen molar-refractivity contribution in [2.75, 3.05) is 12.3 Å². The quantitative estimate of drug-likeness (QED) is 0.787. The molecule has 6 heteroatoms. The molecule has 0 spiro atoms. The number of sulfonamides is 1. The minimum Gasteiger partial charge on any atom is -0.329 e. The SMILES string of the molecule is CC(NS(=O)(=O)CCN)c1cccs1. The van der Waals surface area contributed by atoms with Crippen LogP contribution in [0.4, 0.5) is 0 Å². The Bertz CT molecular complexity index is 359. The zero-order valence-electron chi connectivity index (χ0n) is 7.93. The lowest BCUT2D eigenvalue weighted by Crippen LogP contribution is -2.31. The Balaban J connectivity index is 2.61. The van der Waals surface area contributed by atoms with E-state index < -0.39 is 10.0 Å². The molecular formula is C8H14N2O2S2. The number of nitrogens with two attached hydrogens (primary N) is 1. The van der Waals surface area contributed by atoms with E-state index in [9.17, 15) is 8.42 Å². The van der Waals surface area contributed by atoms with Crippen LogP contribution >= 0.6 is 11.3 Å². The van der Waals surface area contributed by atoms with Gasteiger partial charge in [0.1, 0.15) is 0 Å². The van der Waals surface area contributed by atoms with Gasteiger partial charge in [-0.05, 0) is 18.4 Å². The summed E-state index contributed by atoms with van der Waals surface area (Å²) in [5.74, 6) is -0.0251. The third kappa shape index (κ3) is 3.38. The molecule has 0 fully saturated rings. The molecule has 1 rings (SSSR count). The van der Waals surface area contributed by atoms with Crippen LogP contribution in [-0.2, 0) is 10.0 Å². The molecule has 0 aliphatic rings. The van der Waals surface area contributed by atoms with E-state index in [2.05, 4.69) is 4.72 Å². The molecule has 0 radical (unpaired) electrons. The predicted molar refractivity (Wildman–Crippen MR) is 58.7 cm³/mol. The standard InChI is InChI=1S/C8H14N2O2S2/c1-7(8-3-2-5-13-8)10-14(11,12)6-4-9/h2-3,5,7,10H,4,6,9H2,1H3. The van der Waals surface area contributed by atoms with E-state index in [0.717, 1.165) is 4.88 Å². The highest BCUT2D eigenvalue weighted by Crippen LogP contribution is 2.18. The van der Waals surface area contributed by atoms with Crippen LogP contribution in [0.3, 0.4) is 0 Å². The van der Waals surface area contributed by atoms with Crippen molar-refractivity contribution >= 4 is 21.4 Å². The summed E-state index contributed by atoms with van der Waals surface area (Å²) in [4.78, 5) is 1.01. The Morgan fingerprint density at radius 1 is 1.64 bits per heavy atom. The number of hydrogen-bond donors (Lipinski definition) is 2. The Labute approximate surface area is 88.2 Å².